The zero-order chi connectivity index (χ0) is 34.2. The summed E-state index contributed by atoms with van der Waals surface area (Å²) < 4.78 is 9.00. The second-order valence-corrected chi connectivity index (χ2v) is 13.1. The van der Waals surface area contributed by atoms with Crippen LogP contribution >= 0.6 is 0 Å². The van der Waals surface area contributed by atoms with E-state index in [2.05, 4.69) is 150 Å². The number of hydrogen-bond acceptors (Lipinski definition) is 5. The molecule has 0 unspecified atom stereocenters. The molecule has 6 nitrogen and oxygen atoms in total. The van der Waals surface area contributed by atoms with Crippen LogP contribution in [0.3, 0.4) is 0 Å². The molecule has 0 N–H and O–H groups in total. The zero-order valence-corrected chi connectivity index (χ0v) is 27.7. The molecular weight excluding hydrogens is 639 g/mol. The third-order valence-electron chi connectivity index (χ3n) is 10.1. The Bertz CT molecular complexity index is 3050. The van der Waals surface area contributed by atoms with Crippen LogP contribution in [0.1, 0.15) is 0 Å². The molecule has 52 heavy (non-hydrogen) atoms. The van der Waals surface area contributed by atoms with Crippen molar-refractivity contribution < 1.29 is 4.42 Å². The van der Waals surface area contributed by atoms with Gasteiger partial charge < -0.3 is 4.42 Å². The van der Waals surface area contributed by atoms with Crippen molar-refractivity contribution in [3.8, 4) is 39.9 Å². The van der Waals surface area contributed by atoms with Crippen molar-refractivity contribution in [1.29, 1.82) is 0 Å². The fraction of sp³-hybridized carbons (Fsp3) is 0. The van der Waals surface area contributed by atoms with E-state index in [-0.39, 0.29) is 0 Å². The van der Waals surface area contributed by atoms with Gasteiger partial charge in [-0.25, -0.2) is 19.9 Å². The first-order chi connectivity index (χ1) is 25.8. The number of pyridine rings is 1. The number of nitrogens with zero attached hydrogens (tertiary/aromatic N) is 5. The standard InChI is InChI=1S/C46H27N5O/c1-3-15-31-28(11-1)13-7-19-36(31)43-48-44(37-20-8-14-29-12-2-4-16-32(29)37)50-45(49-43)39-21-9-18-35-34-25-24-30(27-41(34)52-42(35)39)51-40-23-6-5-17-33(40)38-22-10-26-47-46(38)51/h1-27H. The molecule has 11 rings (SSSR count). The smallest absolute Gasteiger partial charge is 0.167 e. The fourth-order valence-corrected chi connectivity index (χ4v) is 7.74. The van der Waals surface area contributed by atoms with E-state index < -0.39 is 0 Å². The largest absolute Gasteiger partial charge is 0.455 e. The summed E-state index contributed by atoms with van der Waals surface area (Å²) in [7, 11) is 0. The number of rotatable bonds is 4. The lowest BCUT2D eigenvalue weighted by Gasteiger charge is -2.11. The normalized spacial score (nSPS) is 11.8. The van der Waals surface area contributed by atoms with Gasteiger partial charge in [-0.2, -0.15) is 0 Å². The molecule has 4 heterocycles. The topological polar surface area (TPSA) is 69.6 Å². The second-order valence-electron chi connectivity index (χ2n) is 13.1. The van der Waals surface area contributed by atoms with Crippen molar-refractivity contribution in [1.82, 2.24) is 24.5 Å². The van der Waals surface area contributed by atoms with Crippen LogP contribution in [0.2, 0.25) is 0 Å². The molecule has 4 aromatic heterocycles. The quantitative estimate of drug-likeness (QED) is 0.187. The Hall–Kier alpha value is -7.18. The molecule has 0 saturated carbocycles. The first-order valence-corrected chi connectivity index (χ1v) is 17.3. The molecular formula is C46H27N5O. The zero-order valence-electron chi connectivity index (χ0n) is 27.7. The highest BCUT2D eigenvalue weighted by atomic mass is 16.3. The minimum absolute atomic E-state index is 0.553. The second kappa shape index (κ2) is 11.2. The lowest BCUT2D eigenvalue weighted by molar-refractivity contribution is 0.669. The SMILES string of the molecule is c1ccc2c(-c3nc(-c4cccc5ccccc45)nc(-c4cccc5c4oc4cc(-n6c7ccccc7c7cccnc76)ccc45)n3)cccc2c1. The maximum absolute atomic E-state index is 6.80. The third kappa shape index (κ3) is 4.31. The summed E-state index contributed by atoms with van der Waals surface area (Å²) in [5.41, 5.74) is 7.20. The molecule has 0 fully saturated rings. The molecule has 0 atom stereocenters. The summed E-state index contributed by atoms with van der Waals surface area (Å²) in [6.45, 7) is 0. The van der Waals surface area contributed by atoms with Crippen molar-refractivity contribution in [3.05, 3.63) is 164 Å². The van der Waals surface area contributed by atoms with Gasteiger partial charge in [0.1, 0.15) is 16.8 Å². The first kappa shape index (κ1) is 28.6. The molecule has 0 aliphatic carbocycles. The predicted octanol–water partition coefficient (Wildman–Crippen LogP) is 11.6. The molecule has 0 saturated heterocycles. The molecule has 6 heteroatoms. The monoisotopic (exact) mass is 665 g/mol. The van der Waals surface area contributed by atoms with E-state index in [9.17, 15) is 0 Å². The van der Waals surface area contributed by atoms with Gasteiger partial charge in [-0.3, -0.25) is 4.57 Å². The van der Waals surface area contributed by atoms with E-state index in [1.165, 1.54) is 0 Å². The number of aromatic nitrogens is 5. The van der Waals surface area contributed by atoms with Gasteiger partial charge in [-0.05, 0) is 57.9 Å². The fourth-order valence-electron chi connectivity index (χ4n) is 7.74. The Morgan fingerprint density at radius 3 is 1.71 bits per heavy atom. The number of hydrogen-bond donors (Lipinski definition) is 0. The maximum atomic E-state index is 6.80. The van der Waals surface area contributed by atoms with Crippen LogP contribution in [-0.4, -0.2) is 24.5 Å². The number of fused-ring (bicyclic) bond motifs is 8. The molecule has 0 aliphatic rings. The Balaban J connectivity index is 1.15. The summed E-state index contributed by atoms with van der Waals surface area (Å²) in [5.74, 6) is 1.77. The maximum Gasteiger partial charge on any atom is 0.167 e. The van der Waals surface area contributed by atoms with Crippen molar-refractivity contribution in [2.45, 2.75) is 0 Å². The third-order valence-corrected chi connectivity index (χ3v) is 10.1. The Morgan fingerprint density at radius 1 is 0.423 bits per heavy atom. The lowest BCUT2D eigenvalue weighted by Crippen LogP contribution is -2.01. The average molecular weight is 666 g/mol. The van der Waals surface area contributed by atoms with Gasteiger partial charge in [0.05, 0.1) is 16.8 Å². The molecule has 242 valence electrons. The van der Waals surface area contributed by atoms with E-state index in [0.717, 1.165) is 87.8 Å². The Morgan fingerprint density at radius 2 is 0.981 bits per heavy atom. The average Bonchev–Trinajstić information content (AvgIpc) is 3.76. The van der Waals surface area contributed by atoms with Crippen molar-refractivity contribution in [3.63, 3.8) is 0 Å². The molecule has 11 aromatic rings. The highest BCUT2D eigenvalue weighted by Crippen LogP contribution is 2.39. The van der Waals surface area contributed by atoms with Crippen molar-refractivity contribution in [2.75, 3.05) is 0 Å². The molecule has 0 spiro atoms. The van der Waals surface area contributed by atoms with Crippen LogP contribution in [0.4, 0.5) is 0 Å². The number of benzene rings is 7. The Labute approximate surface area is 297 Å². The van der Waals surface area contributed by atoms with Gasteiger partial charge in [-0.1, -0.05) is 115 Å². The van der Waals surface area contributed by atoms with E-state index in [1.807, 2.05) is 18.3 Å². The molecule has 0 aliphatic heterocycles. The summed E-state index contributed by atoms with van der Waals surface area (Å²) in [5, 5.41) is 8.72. The van der Waals surface area contributed by atoms with Crippen molar-refractivity contribution >= 4 is 65.4 Å². The predicted molar refractivity (Wildman–Crippen MR) is 211 cm³/mol. The minimum Gasteiger partial charge on any atom is -0.455 e. The summed E-state index contributed by atoms with van der Waals surface area (Å²) in [6, 6.07) is 54.3. The summed E-state index contributed by atoms with van der Waals surface area (Å²) >= 11 is 0. The van der Waals surface area contributed by atoms with Crippen LogP contribution in [0.15, 0.2) is 168 Å². The van der Waals surface area contributed by atoms with Gasteiger partial charge in [-0.15, -0.1) is 0 Å². The van der Waals surface area contributed by atoms with Crippen LogP contribution in [0.25, 0.3) is 105 Å². The van der Waals surface area contributed by atoms with Crippen LogP contribution in [-0.2, 0) is 0 Å². The van der Waals surface area contributed by atoms with Gasteiger partial charge in [0.2, 0.25) is 0 Å². The first-order valence-electron chi connectivity index (χ1n) is 17.3. The summed E-state index contributed by atoms with van der Waals surface area (Å²) in [4.78, 5) is 20.3. The molecule has 0 amide bonds. The van der Waals surface area contributed by atoms with Crippen LogP contribution in [0, 0.1) is 0 Å². The highest BCUT2D eigenvalue weighted by molar-refractivity contribution is 6.11. The van der Waals surface area contributed by atoms with Crippen molar-refractivity contribution in [2.24, 2.45) is 0 Å². The molecule has 0 radical (unpaired) electrons. The van der Waals surface area contributed by atoms with Gasteiger partial charge >= 0.3 is 0 Å². The van der Waals surface area contributed by atoms with Crippen LogP contribution < -0.4 is 0 Å². The van der Waals surface area contributed by atoms with Gasteiger partial charge in [0, 0.05) is 44.9 Å². The molecule has 0 bridgehead atoms. The lowest BCUT2D eigenvalue weighted by atomic mass is 10.0. The van der Waals surface area contributed by atoms with Crippen LogP contribution in [0.5, 0.6) is 0 Å². The number of furan rings is 1. The molecule has 7 aromatic carbocycles. The van der Waals surface area contributed by atoms with E-state index >= 15 is 0 Å². The van der Waals surface area contributed by atoms with Gasteiger partial charge in [0.25, 0.3) is 0 Å². The van der Waals surface area contributed by atoms with Gasteiger partial charge in [0.15, 0.2) is 17.5 Å². The Kier molecular flexibility index (Phi) is 6.15. The van der Waals surface area contributed by atoms with E-state index in [1.54, 1.807) is 0 Å². The number of para-hydroxylation sites is 2. The van der Waals surface area contributed by atoms with E-state index in [4.69, 9.17) is 24.4 Å². The summed E-state index contributed by atoms with van der Waals surface area (Å²) in [6.07, 6.45) is 1.84. The minimum atomic E-state index is 0.553. The van der Waals surface area contributed by atoms with E-state index in [0.29, 0.717) is 17.5 Å². The highest BCUT2D eigenvalue weighted by Gasteiger charge is 2.20.